The molecule has 1 aromatic carbocycles. The average molecular weight is 299 g/mol. The van der Waals surface area contributed by atoms with Crippen LogP contribution in [0.1, 0.15) is 5.56 Å². The molecule has 0 aliphatic heterocycles. The minimum Gasteiger partial charge on any atom is -0.326 e. The minimum atomic E-state index is -0.0401. The second-order valence-electron chi connectivity index (χ2n) is 4.56. The third kappa shape index (κ3) is 3.14. The van der Waals surface area contributed by atoms with Gasteiger partial charge in [0.05, 0.1) is 6.42 Å². The molecule has 0 saturated heterocycles. The number of carbonyl (C=O) groups is 1. The van der Waals surface area contributed by atoms with Crippen LogP contribution in [0, 0.1) is 0 Å². The van der Waals surface area contributed by atoms with Crippen molar-refractivity contribution in [3.63, 3.8) is 0 Å². The first kappa shape index (κ1) is 13.4. The van der Waals surface area contributed by atoms with E-state index in [9.17, 15) is 4.79 Å². The molecule has 0 spiro atoms. The topological polar surface area (TPSA) is 72.7 Å². The molecule has 0 fully saturated rings. The van der Waals surface area contributed by atoms with Crippen LogP contribution in [-0.2, 0) is 18.3 Å². The fourth-order valence-electron chi connectivity index (χ4n) is 1.99. The zero-order chi connectivity index (χ0) is 14.7. The molecule has 1 N–H and O–H groups in total. The van der Waals surface area contributed by atoms with Gasteiger partial charge in [0.15, 0.2) is 5.82 Å². The molecule has 7 heteroatoms. The maximum atomic E-state index is 12.0. The number of anilines is 1. The first-order chi connectivity index (χ1) is 10.2. The quantitative estimate of drug-likeness (QED) is 0.801. The van der Waals surface area contributed by atoms with Gasteiger partial charge in [-0.3, -0.25) is 4.79 Å². The normalized spacial score (nSPS) is 10.5. The van der Waals surface area contributed by atoms with Crippen molar-refractivity contribution in [2.45, 2.75) is 6.42 Å². The van der Waals surface area contributed by atoms with E-state index in [0.29, 0.717) is 12.2 Å². The van der Waals surface area contributed by atoms with Crippen LogP contribution in [0.5, 0.6) is 0 Å². The molecule has 0 unspecified atom stereocenters. The van der Waals surface area contributed by atoms with E-state index < -0.39 is 0 Å². The molecule has 0 aliphatic rings. The first-order valence-corrected chi connectivity index (χ1v) is 7.30. The van der Waals surface area contributed by atoms with Crippen molar-refractivity contribution in [1.82, 2.24) is 20.2 Å². The van der Waals surface area contributed by atoms with Gasteiger partial charge in [-0.1, -0.05) is 12.1 Å². The summed E-state index contributed by atoms with van der Waals surface area (Å²) in [6, 6.07) is 9.42. The number of thiophene rings is 1. The second-order valence-corrected chi connectivity index (χ2v) is 5.34. The van der Waals surface area contributed by atoms with Crippen molar-refractivity contribution in [2.75, 3.05) is 5.32 Å². The average Bonchev–Trinajstić information content (AvgIpc) is 3.10. The molecule has 0 bridgehead atoms. The summed E-state index contributed by atoms with van der Waals surface area (Å²) in [7, 11) is 1.77. The van der Waals surface area contributed by atoms with Crippen molar-refractivity contribution in [1.29, 1.82) is 0 Å². The molecule has 0 saturated carbocycles. The van der Waals surface area contributed by atoms with Gasteiger partial charge in [0.1, 0.15) is 0 Å². The molecule has 0 radical (unpaired) electrons. The van der Waals surface area contributed by atoms with Gasteiger partial charge in [0.25, 0.3) is 0 Å². The summed E-state index contributed by atoms with van der Waals surface area (Å²) in [6.07, 6.45) is 0.374. The van der Waals surface area contributed by atoms with E-state index in [1.165, 1.54) is 0 Å². The Kier molecular flexibility index (Phi) is 3.74. The number of rotatable bonds is 4. The number of nitrogens with zero attached hydrogens (tertiary/aromatic N) is 4. The van der Waals surface area contributed by atoms with Gasteiger partial charge in [0, 0.05) is 18.3 Å². The van der Waals surface area contributed by atoms with E-state index in [0.717, 1.165) is 16.8 Å². The lowest BCUT2D eigenvalue weighted by Gasteiger charge is -2.06. The molecule has 1 amide bonds. The van der Waals surface area contributed by atoms with Gasteiger partial charge in [0.2, 0.25) is 5.91 Å². The number of hydrogen-bond acceptors (Lipinski definition) is 5. The summed E-state index contributed by atoms with van der Waals surface area (Å²) in [5.74, 6) is 0.616. The number of aryl methyl sites for hydroxylation is 1. The SMILES string of the molecule is Cn1nnnc1-c1cccc(NC(=O)Cc2ccsc2)c1. The summed E-state index contributed by atoms with van der Waals surface area (Å²) < 4.78 is 1.59. The number of benzene rings is 1. The van der Waals surface area contributed by atoms with Gasteiger partial charge in [-0.25, -0.2) is 4.68 Å². The molecule has 106 valence electrons. The fourth-order valence-corrected chi connectivity index (χ4v) is 2.66. The molecule has 6 nitrogen and oxygen atoms in total. The third-order valence-corrected chi connectivity index (χ3v) is 3.70. The van der Waals surface area contributed by atoms with Crippen LogP contribution in [0.2, 0.25) is 0 Å². The number of carbonyl (C=O) groups excluding carboxylic acids is 1. The maximum Gasteiger partial charge on any atom is 0.228 e. The Morgan fingerprint density at radius 1 is 1.38 bits per heavy atom. The Hall–Kier alpha value is -2.54. The van der Waals surface area contributed by atoms with E-state index >= 15 is 0 Å². The van der Waals surface area contributed by atoms with Crippen molar-refractivity contribution in [2.24, 2.45) is 7.05 Å². The number of amides is 1. The molecule has 0 aliphatic carbocycles. The summed E-state index contributed by atoms with van der Waals surface area (Å²) in [4.78, 5) is 12.0. The minimum absolute atomic E-state index is 0.0401. The lowest BCUT2D eigenvalue weighted by molar-refractivity contribution is -0.115. The van der Waals surface area contributed by atoms with Crippen LogP contribution in [0.3, 0.4) is 0 Å². The monoisotopic (exact) mass is 299 g/mol. The number of hydrogen-bond donors (Lipinski definition) is 1. The number of nitrogens with one attached hydrogen (secondary N) is 1. The van der Waals surface area contributed by atoms with Crippen LogP contribution in [-0.4, -0.2) is 26.1 Å². The van der Waals surface area contributed by atoms with Crippen LogP contribution < -0.4 is 5.32 Å². The number of aromatic nitrogens is 4. The van der Waals surface area contributed by atoms with Crippen molar-refractivity contribution >= 4 is 22.9 Å². The van der Waals surface area contributed by atoms with Crippen LogP contribution in [0.4, 0.5) is 5.69 Å². The highest BCUT2D eigenvalue weighted by molar-refractivity contribution is 7.08. The Balaban J connectivity index is 1.74. The summed E-state index contributed by atoms with van der Waals surface area (Å²) in [6.45, 7) is 0. The number of tetrazole rings is 1. The van der Waals surface area contributed by atoms with Gasteiger partial charge < -0.3 is 5.32 Å². The highest BCUT2D eigenvalue weighted by Gasteiger charge is 2.08. The van der Waals surface area contributed by atoms with E-state index in [1.54, 1.807) is 23.1 Å². The third-order valence-electron chi connectivity index (χ3n) is 2.97. The van der Waals surface area contributed by atoms with Crippen molar-refractivity contribution in [3.8, 4) is 11.4 Å². The zero-order valence-electron chi connectivity index (χ0n) is 11.4. The first-order valence-electron chi connectivity index (χ1n) is 6.36. The maximum absolute atomic E-state index is 12.0. The lowest BCUT2D eigenvalue weighted by Crippen LogP contribution is -2.14. The van der Waals surface area contributed by atoms with Gasteiger partial charge >= 0.3 is 0 Å². The lowest BCUT2D eigenvalue weighted by atomic mass is 10.1. The predicted octanol–water partition coefficient (Wildman–Crippen LogP) is 2.12. The molecular weight excluding hydrogens is 286 g/mol. The molecule has 21 heavy (non-hydrogen) atoms. The fraction of sp³-hybridized carbons (Fsp3) is 0.143. The summed E-state index contributed by atoms with van der Waals surface area (Å²) in [5, 5.41) is 18.2. The predicted molar refractivity (Wildman–Crippen MR) is 80.9 cm³/mol. The van der Waals surface area contributed by atoms with E-state index in [2.05, 4.69) is 20.8 Å². The molecule has 3 aromatic rings. The smallest absolute Gasteiger partial charge is 0.228 e. The molecule has 0 atom stereocenters. The van der Waals surface area contributed by atoms with Crippen LogP contribution >= 0.6 is 11.3 Å². The summed E-state index contributed by atoms with van der Waals surface area (Å²) >= 11 is 1.59. The Morgan fingerprint density at radius 3 is 3.00 bits per heavy atom. The summed E-state index contributed by atoms with van der Waals surface area (Å²) in [5.41, 5.74) is 2.61. The van der Waals surface area contributed by atoms with Gasteiger partial charge in [-0.05, 0) is 44.9 Å². The second kappa shape index (κ2) is 5.84. The molecular formula is C14H13N5OS. The Labute approximate surface area is 125 Å². The van der Waals surface area contributed by atoms with Crippen LogP contribution in [0.25, 0.3) is 11.4 Å². The largest absolute Gasteiger partial charge is 0.326 e. The highest BCUT2D eigenvalue weighted by Crippen LogP contribution is 2.19. The van der Waals surface area contributed by atoms with E-state index in [1.807, 2.05) is 41.1 Å². The standard InChI is InChI=1S/C14H13N5OS/c1-19-14(16-17-18-19)11-3-2-4-12(8-11)15-13(20)7-10-5-6-21-9-10/h2-6,8-9H,7H2,1H3,(H,15,20). The highest BCUT2D eigenvalue weighted by atomic mass is 32.1. The van der Waals surface area contributed by atoms with Gasteiger partial charge in [-0.2, -0.15) is 11.3 Å². The van der Waals surface area contributed by atoms with E-state index in [4.69, 9.17) is 0 Å². The molecule has 2 heterocycles. The Morgan fingerprint density at radius 2 is 2.29 bits per heavy atom. The van der Waals surface area contributed by atoms with Crippen molar-refractivity contribution < 1.29 is 4.79 Å². The zero-order valence-corrected chi connectivity index (χ0v) is 12.2. The molecule has 2 aromatic heterocycles. The Bertz CT molecular complexity index is 750. The van der Waals surface area contributed by atoms with Crippen molar-refractivity contribution in [3.05, 3.63) is 46.7 Å². The van der Waals surface area contributed by atoms with Gasteiger partial charge in [-0.15, -0.1) is 5.10 Å². The van der Waals surface area contributed by atoms with E-state index in [-0.39, 0.29) is 5.91 Å². The van der Waals surface area contributed by atoms with Crippen LogP contribution in [0.15, 0.2) is 41.1 Å². The molecule has 3 rings (SSSR count).